The molecule has 0 aromatic rings. The molecule has 3 atom stereocenters. The minimum Gasteiger partial charge on any atom is -0.329 e. The number of nitrogens with two attached hydrogens (primary N) is 1. The van der Waals surface area contributed by atoms with E-state index in [2.05, 4.69) is 32.1 Å². The van der Waals surface area contributed by atoms with Crippen molar-refractivity contribution in [2.45, 2.75) is 38.6 Å². The SMILES string of the molecule is CSCCN(C)C1(CN)CCC(C)C(C)C1. The van der Waals surface area contributed by atoms with Crippen LogP contribution in [0, 0.1) is 11.8 Å². The Balaban J connectivity index is 2.62. The zero-order valence-electron chi connectivity index (χ0n) is 11.3. The van der Waals surface area contributed by atoms with Crippen LogP contribution >= 0.6 is 11.8 Å². The summed E-state index contributed by atoms with van der Waals surface area (Å²) in [6, 6.07) is 0. The van der Waals surface area contributed by atoms with Gasteiger partial charge in [-0.3, -0.25) is 4.90 Å². The van der Waals surface area contributed by atoms with Crippen LogP contribution in [0.2, 0.25) is 0 Å². The van der Waals surface area contributed by atoms with Crippen LogP contribution in [-0.2, 0) is 0 Å². The van der Waals surface area contributed by atoms with E-state index in [-0.39, 0.29) is 5.54 Å². The quantitative estimate of drug-likeness (QED) is 0.805. The Hall–Kier alpha value is 0.270. The van der Waals surface area contributed by atoms with Gasteiger partial charge in [0.1, 0.15) is 0 Å². The van der Waals surface area contributed by atoms with Gasteiger partial charge in [-0.15, -0.1) is 0 Å². The maximum Gasteiger partial charge on any atom is 0.0331 e. The second kappa shape index (κ2) is 6.27. The highest BCUT2D eigenvalue weighted by Gasteiger charge is 2.39. The standard InChI is InChI=1S/C13H28N2S/c1-11-5-6-13(10-14,9-12(11)2)15(3)7-8-16-4/h11-12H,5-10,14H2,1-4H3. The normalized spacial score (nSPS) is 35.6. The smallest absolute Gasteiger partial charge is 0.0331 e. The van der Waals surface area contributed by atoms with E-state index in [1.54, 1.807) is 0 Å². The average molecular weight is 244 g/mol. The van der Waals surface area contributed by atoms with E-state index in [0.29, 0.717) is 0 Å². The molecule has 96 valence electrons. The van der Waals surface area contributed by atoms with Crippen LogP contribution in [0.5, 0.6) is 0 Å². The maximum atomic E-state index is 6.07. The van der Waals surface area contributed by atoms with Crippen molar-refractivity contribution in [1.29, 1.82) is 0 Å². The van der Waals surface area contributed by atoms with E-state index in [1.807, 2.05) is 11.8 Å². The van der Waals surface area contributed by atoms with Crippen LogP contribution in [0.15, 0.2) is 0 Å². The fraction of sp³-hybridized carbons (Fsp3) is 1.00. The number of hydrogen-bond acceptors (Lipinski definition) is 3. The van der Waals surface area contributed by atoms with Crippen molar-refractivity contribution in [1.82, 2.24) is 4.90 Å². The highest BCUT2D eigenvalue weighted by molar-refractivity contribution is 7.98. The molecule has 3 heteroatoms. The third-order valence-corrected chi connectivity index (χ3v) is 5.15. The molecule has 0 aliphatic heterocycles. The van der Waals surface area contributed by atoms with E-state index in [1.165, 1.54) is 31.6 Å². The molecule has 1 aliphatic carbocycles. The van der Waals surface area contributed by atoms with Crippen molar-refractivity contribution >= 4 is 11.8 Å². The maximum absolute atomic E-state index is 6.07. The van der Waals surface area contributed by atoms with Gasteiger partial charge in [-0.25, -0.2) is 0 Å². The van der Waals surface area contributed by atoms with Gasteiger partial charge in [-0.1, -0.05) is 13.8 Å². The van der Waals surface area contributed by atoms with Gasteiger partial charge < -0.3 is 5.73 Å². The van der Waals surface area contributed by atoms with Gasteiger partial charge in [-0.05, 0) is 44.4 Å². The zero-order chi connectivity index (χ0) is 12.2. The molecule has 0 aromatic heterocycles. The van der Waals surface area contributed by atoms with E-state index < -0.39 is 0 Å². The molecular weight excluding hydrogens is 216 g/mol. The lowest BCUT2D eigenvalue weighted by atomic mass is 9.70. The molecule has 0 spiro atoms. The number of thioether (sulfide) groups is 1. The van der Waals surface area contributed by atoms with Gasteiger partial charge >= 0.3 is 0 Å². The largest absolute Gasteiger partial charge is 0.329 e. The molecule has 1 aliphatic rings. The van der Waals surface area contributed by atoms with E-state index in [4.69, 9.17) is 5.73 Å². The molecular formula is C13H28N2S. The lowest BCUT2D eigenvalue weighted by Gasteiger charge is -2.48. The van der Waals surface area contributed by atoms with Crippen LogP contribution in [0.25, 0.3) is 0 Å². The average Bonchev–Trinajstić information content (AvgIpc) is 2.29. The fourth-order valence-electron chi connectivity index (χ4n) is 2.84. The number of hydrogen-bond donors (Lipinski definition) is 1. The summed E-state index contributed by atoms with van der Waals surface area (Å²) in [5, 5.41) is 0. The predicted molar refractivity (Wildman–Crippen MR) is 75.0 cm³/mol. The van der Waals surface area contributed by atoms with Crippen molar-refractivity contribution in [3.8, 4) is 0 Å². The van der Waals surface area contributed by atoms with E-state index in [0.717, 1.165) is 18.4 Å². The summed E-state index contributed by atoms with van der Waals surface area (Å²) in [5.74, 6) is 2.89. The zero-order valence-corrected chi connectivity index (χ0v) is 12.1. The molecule has 0 bridgehead atoms. The Kier molecular flexibility index (Phi) is 5.62. The van der Waals surface area contributed by atoms with Crippen molar-refractivity contribution < 1.29 is 0 Å². The summed E-state index contributed by atoms with van der Waals surface area (Å²) in [5.41, 5.74) is 6.35. The summed E-state index contributed by atoms with van der Waals surface area (Å²) < 4.78 is 0. The topological polar surface area (TPSA) is 29.3 Å². The number of likely N-dealkylation sites (N-methyl/N-ethyl adjacent to an activating group) is 1. The van der Waals surface area contributed by atoms with Crippen molar-refractivity contribution in [2.24, 2.45) is 17.6 Å². The molecule has 0 saturated heterocycles. The summed E-state index contributed by atoms with van der Waals surface area (Å²) >= 11 is 1.92. The van der Waals surface area contributed by atoms with Gasteiger partial charge in [0.15, 0.2) is 0 Å². The highest BCUT2D eigenvalue weighted by Crippen LogP contribution is 2.38. The lowest BCUT2D eigenvalue weighted by Crippen LogP contribution is -2.56. The highest BCUT2D eigenvalue weighted by atomic mass is 32.2. The van der Waals surface area contributed by atoms with E-state index >= 15 is 0 Å². The van der Waals surface area contributed by atoms with Gasteiger partial charge in [0.2, 0.25) is 0 Å². The lowest BCUT2D eigenvalue weighted by molar-refractivity contribution is 0.0450. The van der Waals surface area contributed by atoms with E-state index in [9.17, 15) is 0 Å². The van der Waals surface area contributed by atoms with Crippen LogP contribution < -0.4 is 5.73 Å². The summed E-state index contributed by atoms with van der Waals surface area (Å²) in [4.78, 5) is 2.52. The number of nitrogens with zero attached hydrogens (tertiary/aromatic N) is 1. The molecule has 1 saturated carbocycles. The second-order valence-electron chi connectivity index (χ2n) is 5.54. The minimum atomic E-state index is 0.279. The predicted octanol–water partition coefficient (Wildman–Crippen LogP) is 2.43. The minimum absolute atomic E-state index is 0.279. The monoisotopic (exact) mass is 244 g/mol. The Morgan fingerprint density at radius 2 is 2.06 bits per heavy atom. The van der Waals surface area contributed by atoms with Crippen LogP contribution in [0.3, 0.4) is 0 Å². The number of rotatable bonds is 5. The third kappa shape index (κ3) is 3.14. The van der Waals surface area contributed by atoms with Crippen LogP contribution in [0.4, 0.5) is 0 Å². The molecule has 0 heterocycles. The third-order valence-electron chi connectivity index (χ3n) is 4.56. The Bertz CT molecular complexity index is 210. The van der Waals surface area contributed by atoms with Crippen molar-refractivity contribution in [3.63, 3.8) is 0 Å². The molecule has 0 radical (unpaired) electrons. The van der Waals surface area contributed by atoms with Gasteiger partial charge in [0.05, 0.1) is 0 Å². The van der Waals surface area contributed by atoms with Crippen molar-refractivity contribution in [2.75, 3.05) is 32.1 Å². The van der Waals surface area contributed by atoms with Gasteiger partial charge in [0, 0.05) is 24.4 Å². The molecule has 1 rings (SSSR count). The Labute approximate surface area is 105 Å². The van der Waals surface area contributed by atoms with Crippen LogP contribution in [-0.4, -0.2) is 42.6 Å². The Morgan fingerprint density at radius 1 is 1.38 bits per heavy atom. The molecule has 3 unspecified atom stereocenters. The van der Waals surface area contributed by atoms with Gasteiger partial charge in [-0.2, -0.15) is 11.8 Å². The molecule has 2 nitrogen and oxygen atoms in total. The summed E-state index contributed by atoms with van der Waals surface area (Å²) in [6.45, 7) is 6.75. The molecule has 16 heavy (non-hydrogen) atoms. The second-order valence-corrected chi connectivity index (χ2v) is 6.53. The molecule has 0 amide bonds. The summed E-state index contributed by atoms with van der Waals surface area (Å²) in [7, 11) is 2.26. The summed E-state index contributed by atoms with van der Waals surface area (Å²) in [6.07, 6.45) is 6.06. The van der Waals surface area contributed by atoms with Crippen LogP contribution in [0.1, 0.15) is 33.1 Å². The molecule has 0 aromatic carbocycles. The first-order valence-corrected chi connectivity index (χ1v) is 7.85. The first kappa shape index (κ1) is 14.3. The molecule has 2 N–H and O–H groups in total. The Morgan fingerprint density at radius 3 is 2.56 bits per heavy atom. The first-order chi connectivity index (χ1) is 7.55. The fourth-order valence-corrected chi connectivity index (χ4v) is 3.29. The molecule has 1 fully saturated rings. The van der Waals surface area contributed by atoms with Crippen molar-refractivity contribution in [3.05, 3.63) is 0 Å². The first-order valence-electron chi connectivity index (χ1n) is 6.46. The van der Waals surface area contributed by atoms with Gasteiger partial charge in [0.25, 0.3) is 0 Å².